The zero-order valence-electron chi connectivity index (χ0n) is 20.5. The minimum absolute atomic E-state index is 0.0893. The van der Waals surface area contributed by atoms with Crippen LogP contribution in [-0.4, -0.2) is 50.2 Å². The summed E-state index contributed by atoms with van der Waals surface area (Å²) in [7, 11) is -3.68. The van der Waals surface area contributed by atoms with Gasteiger partial charge in [0.2, 0.25) is 21.8 Å². The molecule has 7 rings (SSSR count). The van der Waals surface area contributed by atoms with E-state index in [2.05, 4.69) is 5.32 Å². The van der Waals surface area contributed by atoms with Gasteiger partial charge in [-0.1, -0.05) is 6.42 Å². The van der Waals surface area contributed by atoms with E-state index in [0.29, 0.717) is 43.8 Å². The minimum atomic E-state index is -3.68. The molecule has 1 aromatic rings. The molecule has 35 heavy (non-hydrogen) atoms. The first-order chi connectivity index (χ1) is 16.8. The van der Waals surface area contributed by atoms with E-state index >= 15 is 0 Å². The lowest BCUT2D eigenvalue weighted by atomic mass is 9.49. The predicted molar refractivity (Wildman–Crippen MR) is 133 cm³/mol. The van der Waals surface area contributed by atoms with Crippen LogP contribution in [0.3, 0.4) is 0 Å². The van der Waals surface area contributed by atoms with Crippen molar-refractivity contribution in [1.29, 1.82) is 0 Å². The summed E-state index contributed by atoms with van der Waals surface area (Å²) < 4.78 is 28.8. The molecule has 2 amide bonds. The van der Waals surface area contributed by atoms with Gasteiger partial charge in [0.05, 0.1) is 4.90 Å². The molecule has 1 aromatic carbocycles. The minimum Gasteiger partial charge on any atom is -0.354 e. The molecule has 2 heterocycles. The molecule has 4 aliphatic carbocycles. The maximum absolute atomic E-state index is 13.6. The van der Waals surface area contributed by atoms with Crippen LogP contribution < -0.4 is 10.2 Å². The van der Waals surface area contributed by atoms with Gasteiger partial charge < -0.3 is 10.2 Å². The van der Waals surface area contributed by atoms with Crippen LogP contribution in [0.5, 0.6) is 0 Å². The summed E-state index contributed by atoms with van der Waals surface area (Å²) in [6, 6.07) is 6.51. The standard InChI is InChI=1S/C27H37N3O4S/c31-25-5-3-10-29(25)22-6-8-24(9-7-22)35(33,34)30-11-2-1-4-23(30)18-28-26(32)27-15-19-12-20(16-27)14-21(13-19)17-27/h6-9,19-21,23H,1-5,10-18H2,(H,28,32). The van der Waals surface area contributed by atoms with Crippen LogP contribution in [0, 0.1) is 23.2 Å². The molecule has 6 fully saturated rings. The lowest BCUT2D eigenvalue weighted by Crippen LogP contribution is -2.56. The van der Waals surface area contributed by atoms with Crippen molar-refractivity contribution in [1.82, 2.24) is 9.62 Å². The van der Waals surface area contributed by atoms with E-state index in [1.165, 1.54) is 19.3 Å². The van der Waals surface area contributed by atoms with Crippen molar-refractivity contribution < 1.29 is 18.0 Å². The highest BCUT2D eigenvalue weighted by molar-refractivity contribution is 7.89. The zero-order chi connectivity index (χ0) is 24.2. The molecule has 2 saturated heterocycles. The summed E-state index contributed by atoms with van der Waals surface area (Å²) >= 11 is 0. The summed E-state index contributed by atoms with van der Waals surface area (Å²) in [5, 5.41) is 3.22. The average Bonchev–Trinajstić information content (AvgIpc) is 3.27. The van der Waals surface area contributed by atoms with E-state index < -0.39 is 10.0 Å². The molecule has 0 spiro atoms. The summed E-state index contributed by atoms with van der Waals surface area (Å²) in [4.78, 5) is 27.5. The highest BCUT2D eigenvalue weighted by Crippen LogP contribution is 2.60. The van der Waals surface area contributed by atoms with Crippen molar-refractivity contribution in [3.63, 3.8) is 0 Å². The Morgan fingerprint density at radius 2 is 1.60 bits per heavy atom. The van der Waals surface area contributed by atoms with E-state index in [1.807, 2.05) is 0 Å². The SMILES string of the molecule is O=C1CCCN1c1ccc(S(=O)(=O)N2CCCCC2CNC(=O)C23CC4CC(CC(C4)C2)C3)cc1. The highest BCUT2D eigenvalue weighted by Gasteiger charge is 2.54. The summed E-state index contributed by atoms with van der Waals surface area (Å²) in [5.74, 6) is 2.37. The number of sulfonamides is 1. The Morgan fingerprint density at radius 1 is 0.943 bits per heavy atom. The fourth-order valence-electron chi connectivity index (χ4n) is 8.14. The van der Waals surface area contributed by atoms with Crippen LogP contribution in [0.1, 0.15) is 70.6 Å². The molecule has 190 valence electrons. The third-order valence-electron chi connectivity index (χ3n) is 9.42. The van der Waals surface area contributed by atoms with Crippen molar-refractivity contribution in [3.05, 3.63) is 24.3 Å². The summed E-state index contributed by atoms with van der Waals surface area (Å²) in [6.07, 6.45) is 10.9. The molecule has 4 saturated carbocycles. The fourth-order valence-corrected chi connectivity index (χ4v) is 9.83. The van der Waals surface area contributed by atoms with Gasteiger partial charge in [0.15, 0.2) is 0 Å². The van der Waals surface area contributed by atoms with E-state index in [9.17, 15) is 18.0 Å². The number of hydrogen-bond acceptors (Lipinski definition) is 4. The van der Waals surface area contributed by atoms with Crippen LogP contribution in [-0.2, 0) is 19.6 Å². The Hall–Kier alpha value is -1.93. The number of carbonyl (C=O) groups is 2. The van der Waals surface area contributed by atoms with Gasteiger partial charge in [-0.3, -0.25) is 9.59 Å². The number of nitrogens with zero attached hydrogens (tertiary/aromatic N) is 2. The summed E-state index contributed by atoms with van der Waals surface area (Å²) in [6.45, 7) is 1.55. The van der Waals surface area contributed by atoms with Gasteiger partial charge in [0, 0.05) is 43.2 Å². The fraction of sp³-hybridized carbons (Fsp3) is 0.704. The van der Waals surface area contributed by atoms with Crippen LogP contribution in [0.2, 0.25) is 0 Å². The predicted octanol–water partition coefficient (Wildman–Crippen LogP) is 3.69. The topological polar surface area (TPSA) is 86.8 Å². The van der Waals surface area contributed by atoms with Crippen LogP contribution in [0.25, 0.3) is 0 Å². The number of anilines is 1. The second-order valence-electron chi connectivity index (χ2n) is 11.8. The number of amides is 2. The normalized spacial score (nSPS) is 35.0. The molecule has 1 N–H and O–H groups in total. The zero-order valence-corrected chi connectivity index (χ0v) is 21.3. The number of hydrogen-bond donors (Lipinski definition) is 1. The smallest absolute Gasteiger partial charge is 0.243 e. The van der Waals surface area contributed by atoms with E-state index in [4.69, 9.17) is 0 Å². The molecule has 8 heteroatoms. The van der Waals surface area contributed by atoms with Gasteiger partial charge in [-0.15, -0.1) is 0 Å². The first-order valence-electron chi connectivity index (χ1n) is 13.5. The Balaban J connectivity index is 1.14. The number of benzene rings is 1. The Kier molecular flexibility index (Phi) is 5.95. The van der Waals surface area contributed by atoms with Crippen molar-refractivity contribution >= 4 is 27.5 Å². The van der Waals surface area contributed by atoms with Crippen molar-refractivity contribution in [2.45, 2.75) is 81.6 Å². The van der Waals surface area contributed by atoms with Crippen molar-refractivity contribution in [2.24, 2.45) is 23.2 Å². The maximum Gasteiger partial charge on any atom is 0.243 e. The molecule has 0 aromatic heterocycles. The lowest BCUT2D eigenvalue weighted by Gasteiger charge is -2.55. The second kappa shape index (κ2) is 8.87. The molecule has 7 nitrogen and oxygen atoms in total. The molecule has 1 atom stereocenters. The quantitative estimate of drug-likeness (QED) is 0.647. The Bertz CT molecular complexity index is 1060. The van der Waals surface area contributed by atoms with Crippen LogP contribution >= 0.6 is 0 Å². The number of rotatable bonds is 6. The first-order valence-corrected chi connectivity index (χ1v) is 15.0. The number of piperidine rings is 1. The Labute approximate surface area is 208 Å². The third kappa shape index (κ3) is 4.20. The Morgan fingerprint density at radius 3 is 2.20 bits per heavy atom. The van der Waals surface area contributed by atoms with Crippen molar-refractivity contribution in [2.75, 3.05) is 24.5 Å². The van der Waals surface area contributed by atoms with Gasteiger partial charge in [-0.25, -0.2) is 8.42 Å². The monoisotopic (exact) mass is 499 g/mol. The second-order valence-corrected chi connectivity index (χ2v) is 13.7. The third-order valence-corrected chi connectivity index (χ3v) is 11.4. The molecule has 0 radical (unpaired) electrons. The molecule has 1 unspecified atom stereocenters. The van der Waals surface area contributed by atoms with E-state index in [1.54, 1.807) is 33.5 Å². The molecule has 2 aliphatic heterocycles. The van der Waals surface area contributed by atoms with Gasteiger partial charge in [0.1, 0.15) is 0 Å². The van der Waals surface area contributed by atoms with Gasteiger partial charge >= 0.3 is 0 Å². The largest absolute Gasteiger partial charge is 0.354 e. The van der Waals surface area contributed by atoms with Crippen LogP contribution in [0.15, 0.2) is 29.2 Å². The number of nitrogens with one attached hydrogen (secondary N) is 1. The molecule has 6 aliphatic rings. The average molecular weight is 500 g/mol. The molecular formula is C27H37N3O4S. The summed E-state index contributed by atoms with van der Waals surface area (Å²) in [5.41, 5.74) is 0.542. The highest BCUT2D eigenvalue weighted by atomic mass is 32.2. The maximum atomic E-state index is 13.6. The van der Waals surface area contributed by atoms with E-state index in [-0.39, 0.29) is 28.2 Å². The lowest BCUT2D eigenvalue weighted by molar-refractivity contribution is -0.146. The van der Waals surface area contributed by atoms with Gasteiger partial charge in [0.25, 0.3) is 0 Å². The van der Waals surface area contributed by atoms with Gasteiger partial charge in [-0.05, 0) is 99.8 Å². The van der Waals surface area contributed by atoms with E-state index in [0.717, 1.165) is 50.6 Å². The molecular weight excluding hydrogens is 462 g/mol. The first kappa shape index (κ1) is 23.5. The van der Waals surface area contributed by atoms with Crippen LogP contribution in [0.4, 0.5) is 5.69 Å². The van der Waals surface area contributed by atoms with Crippen molar-refractivity contribution in [3.8, 4) is 0 Å². The number of carbonyl (C=O) groups excluding carboxylic acids is 2. The molecule has 4 bridgehead atoms. The van der Waals surface area contributed by atoms with Gasteiger partial charge in [-0.2, -0.15) is 4.31 Å².